The summed E-state index contributed by atoms with van der Waals surface area (Å²) in [5.41, 5.74) is 6.77. The molecule has 0 aromatic heterocycles. The normalized spacial score (nSPS) is 23.6. The zero-order valence-corrected chi connectivity index (χ0v) is 10.8. The van der Waals surface area contributed by atoms with Crippen LogP contribution in [0.3, 0.4) is 0 Å². The molecule has 0 saturated heterocycles. The van der Waals surface area contributed by atoms with Crippen LogP contribution in [0, 0.1) is 5.92 Å². The van der Waals surface area contributed by atoms with Crippen molar-refractivity contribution < 1.29 is 4.79 Å². The Balaban J connectivity index is 1.97. The van der Waals surface area contributed by atoms with E-state index >= 15 is 0 Å². The Labute approximate surface area is 106 Å². The minimum absolute atomic E-state index is 0.0183. The van der Waals surface area contributed by atoms with Gasteiger partial charge in [-0.3, -0.25) is 4.79 Å². The molecule has 1 amide bonds. The zero-order valence-electron chi connectivity index (χ0n) is 9.98. The molecule has 0 aliphatic heterocycles. The number of anilines is 1. The molecular weight excluding hydrogens is 232 g/mol. The topological polar surface area (TPSA) is 55.1 Å². The maximum absolute atomic E-state index is 12.0. The van der Waals surface area contributed by atoms with E-state index in [9.17, 15) is 4.79 Å². The van der Waals surface area contributed by atoms with E-state index in [1.807, 2.05) is 30.5 Å². The van der Waals surface area contributed by atoms with Crippen LogP contribution in [0.1, 0.15) is 19.3 Å². The lowest BCUT2D eigenvalue weighted by Crippen LogP contribution is -2.34. The molecule has 2 rings (SSSR count). The molecule has 1 aliphatic rings. The highest BCUT2D eigenvalue weighted by atomic mass is 32.2. The van der Waals surface area contributed by atoms with E-state index in [1.165, 1.54) is 4.90 Å². The van der Waals surface area contributed by atoms with Crippen LogP contribution in [-0.2, 0) is 4.79 Å². The fourth-order valence-corrected chi connectivity index (χ4v) is 2.63. The van der Waals surface area contributed by atoms with Crippen LogP contribution in [0.5, 0.6) is 0 Å². The van der Waals surface area contributed by atoms with Crippen molar-refractivity contribution in [3.05, 3.63) is 24.3 Å². The lowest BCUT2D eigenvalue weighted by molar-refractivity contribution is -0.120. The molecule has 3 nitrogen and oxygen atoms in total. The highest BCUT2D eigenvalue weighted by molar-refractivity contribution is 7.98. The smallest absolute Gasteiger partial charge is 0.229 e. The van der Waals surface area contributed by atoms with Crippen molar-refractivity contribution in [1.82, 2.24) is 0 Å². The van der Waals surface area contributed by atoms with Gasteiger partial charge in [0, 0.05) is 16.6 Å². The summed E-state index contributed by atoms with van der Waals surface area (Å²) in [5.74, 6) is 0.0436. The molecule has 0 heterocycles. The third-order valence-corrected chi connectivity index (χ3v) is 4.01. The lowest BCUT2D eigenvalue weighted by Gasteiger charge is -2.15. The van der Waals surface area contributed by atoms with E-state index in [0.29, 0.717) is 0 Å². The fraction of sp³-hybridized carbons (Fsp3) is 0.462. The first kappa shape index (κ1) is 12.5. The van der Waals surface area contributed by atoms with Crippen molar-refractivity contribution in [2.24, 2.45) is 11.7 Å². The minimum Gasteiger partial charge on any atom is -0.327 e. The number of amides is 1. The molecular formula is C13H18N2OS. The zero-order chi connectivity index (χ0) is 12.3. The number of carbonyl (C=O) groups excluding carboxylic acids is 1. The monoisotopic (exact) mass is 250 g/mol. The molecule has 1 saturated carbocycles. The van der Waals surface area contributed by atoms with E-state index < -0.39 is 0 Å². The number of carbonyl (C=O) groups is 1. The number of benzene rings is 1. The van der Waals surface area contributed by atoms with Crippen LogP contribution in [0.25, 0.3) is 0 Å². The third-order valence-electron chi connectivity index (χ3n) is 3.26. The molecule has 1 aliphatic carbocycles. The Bertz CT molecular complexity index is 391. The molecule has 3 N–H and O–H groups in total. The first-order valence-electron chi connectivity index (χ1n) is 5.91. The van der Waals surface area contributed by atoms with Crippen molar-refractivity contribution in [2.45, 2.75) is 30.2 Å². The van der Waals surface area contributed by atoms with Crippen molar-refractivity contribution in [3.8, 4) is 0 Å². The highest BCUT2D eigenvalue weighted by Gasteiger charge is 2.30. The standard InChI is InChI=1S/C13H18N2OS/c1-17-10-7-5-9(6-8-10)15-13(16)11-3-2-4-12(11)14/h5-8,11-12H,2-4,14H2,1H3,(H,15,16). The van der Waals surface area contributed by atoms with E-state index in [4.69, 9.17) is 5.73 Å². The maximum atomic E-state index is 12.0. The van der Waals surface area contributed by atoms with Crippen LogP contribution in [0.4, 0.5) is 5.69 Å². The Morgan fingerprint density at radius 1 is 1.35 bits per heavy atom. The minimum atomic E-state index is -0.0183. The average molecular weight is 250 g/mol. The van der Waals surface area contributed by atoms with Gasteiger partial charge in [0.2, 0.25) is 5.91 Å². The predicted octanol–water partition coefficient (Wildman–Crippen LogP) is 2.47. The second-order valence-electron chi connectivity index (χ2n) is 4.42. The summed E-state index contributed by atoms with van der Waals surface area (Å²) in [6.45, 7) is 0. The van der Waals surface area contributed by atoms with Gasteiger partial charge in [0.15, 0.2) is 0 Å². The van der Waals surface area contributed by atoms with Gasteiger partial charge < -0.3 is 11.1 Å². The van der Waals surface area contributed by atoms with Crippen molar-refractivity contribution in [1.29, 1.82) is 0 Å². The molecule has 0 radical (unpaired) electrons. The van der Waals surface area contributed by atoms with Crippen LogP contribution in [0.15, 0.2) is 29.2 Å². The van der Waals surface area contributed by atoms with Gasteiger partial charge in [-0.1, -0.05) is 6.42 Å². The fourth-order valence-electron chi connectivity index (χ4n) is 2.22. The molecule has 0 spiro atoms. The van der Waals surface area contributed by atoms with Crippen LogP contribution in [-0.4, -0.2) is 18.2 Å². The number of nitrogens with two attached hydrogens (primary N) is 1. The summed E-state index contributed by atoms with van der Waals surface area (Å²) < 4.78 is 0. The first-order chi connectivity index (χ1) is 8.20. The molecule has 1 aromatic carbocycles. The van der Waals surface area contributed by atoms with Crippen molar-refractivity contribution in [2.75, 3.05) is 11.6 Å². The number of hydrogen-bond donors (Lipinski definition) is 2. The second-order valence-corrected chi connectivity index (χ2v) is 5.30. The van der Waals surface area contributed by atoms with Gasteiger partial charge in [-0.05, 0) is 43.4 Å². The van der Waals surface area contributed by atoms with E-state index in [2.05, 4.69) is 5.32 Å². The Morgan fingerprint density at radius 3 is 2.59 bits per heavy atom. The maximum Gasteiger partial charge on any atom is 0.229 e. The Kier molecular flexibility index (Phi) is 4.07. The Morgan fingerprint density at radius 2 is 2.06 bits per heavy atom. The van der Waals surface area contributed by atoms with Gasteiger partial charge in [0.1, 0.15) is 0 Å². The predicted molar refractivity (Wildman–Crippen MR) is 72.2 cm³/mol. The summed E-state index contributed by atoms with van der Waals surface area (Å²) in [6.07, 6.45) is 4.97. The Hall–Kier alpha value is -1.00. The van der Waals surface area contributed by atoms with Crippen LogP contribution < -0.4 is 11.1 Å². The highest BCUT2D eigenvalue weighted by Crippen LogP contribution is 2.25. The molecule has 92 valence electrons. The summed E-state index contributed by atoms with van der Waals surface area (Å²) >= 11 is 1.69. The van der Waals surface area contributed by atoms with Crippen molar-refractivity contribution in [3.63, 3.8) is 0 Å². The summed E-state index contributed by atoms with van der Waals surface area (Å²) in [4.78, 5) is 13.2. The van der Waals surface area contributed by atoms with Gasteiger partial charge in [-0.2, -0.15) is 0 Å². The van der Waals surface area contributed by atoms with E-state index in [-0.39, 0.29) is 17.9 Å². The molecule has 2 unspecified atom stereocenters. The van der Waals surface area contributed by atoms with Gasteiger partial charge in [-0.25, -0.2) is 0 Å². The average Bonchev–Trinajstić information content (AvgIpc) is 2.76. The van der Waals surface area contributed by atoms with Crippen molar-refractivity contribution >= 4 is 23.4 Å². The molecule has 2 atom stereocenters. The number of rotatable bonds is 3. The quantitative estimate of drug-likeness (QED) is 0.810. The summed E-state index contributed by atoms with van der Waals surface area (Å²) in [7, 11) is 0. The second kappa shape index (κ2) is 5.56. The van der Waals surface area contributed by atoms with Gasteiger partial charge in [0.05, 0.1) is 5.92 Å². The summed E-state index contributed by atoms with van der Waals surface area (Å²) in [6, 6.07) is 7.92. The summed E-state index contributed by atoms with van der Waals surface area (Å²) in [5, 5.41) is 2.94. The van der Waals surface area contributed by atoms with Crippen LogP contribution in [0.2, 0.25) is 0 Å². The van der Waals surface area contributed by atoms with Crippen LogP contribution >= 0.6 is 11.8 Å². The molecule has 0 bridgehead atoms. The lowest BCUT2D eigenvalue weighted by atomic mass is 10.0. The molecule has 1 fully saturated rings. The SMILES string of the molecule is CSc1ccc(NC(=O)C2CCCC2N)cc1. The van der Waals surface area contributed by atoms with Gasteiger partial charge >= 0.3 is 0 Å². The molecule has 1 aromatic rings. The largest absolute Gasteiger partial charge is 0.327 e. The number of nitrogens with one attached hydrogen (secondary N) is 1. The van der Waals surface area contributed by atoms with Gasteiger partial charge in [0.25, 0.3) is 0 Å². The number of thioether (sulfide) groups is 1. The van der Waals surface area contributed by atoms with E-state index in [0.717, 1.165) is 24.9 Å². The van der Waals surface area contributed by atoms with E-state index in [1.54, 1.807) is 11.8 Å². The van der Waals surface area contributed by atoms with Gasteiger partial charge in [-0.15, -0.1) is 11.8 Å². The molecule has 4 heteroatoms. The number of hydrogen-bond acceptors (Lipinski definition) is 3. The third kappa shape index (κ3) is 3.01. The first-order valence-corrected chi connectivity index (χ1v) is 7.13. The molecule has 17 heavy (non-hydrogen) atoms.